The lowest BCUT2D eigenvalue weighted by Crippen LogP contribution is -2.47. The van der Waals surface area contributed by atoms with Crippen molar-refractivity contribution in [1.29, 1.82) is 0 Å². The molecule has 1 fully saturated rings. The van der Waals surface area contributed by atoms with Gasteiger partial charge < -0.3 is 30.0 Å². The van der Waals surface area contributed by atoms with Crippen molar-refractivity contribution in [2.45, 2.75) is 77.4 Å². The molecule has 0 aliphatic heterocycles. The fourth-order valence-electron chi connectivity index (χ4n) is 5.09. The highest BCUT2D eigenvalue weighted by Crippen LogP contribution is 2.43. The van der Waals surface area contributed by atoms with E-state index in [0.29, 0.717) is 51.1 Å². The van der Waals surface area contributed by atoms with E-state index in [1.807, 2.05) is 45.4 Å². The van der Waals surface area contributed by atoms with E-state index < -0.39 is 11.6 Å². The van der Waals surface area contributed by atoms with Gasteiger partial charge in [0, 0.05) is 23.7 Å². The Morgan fingerprint density at radius 1 is 1.10 bits per heavy atom. The third-order valence-electron chi connectivity index (χ3n) is 7.23. The molecular weight excluding hydrogens is 528 g/mol. The second-order valence-electron chi connectivity index (χ2n) is 11.8. The van der Waals surface area contributed by atoms with E-state index in [2.05, 4.69) is 21.7 Å². The predicted molar refractivity (Wildman–Crippen MR) is 154 cm³/mol. The number of anilines is 1. The Labute approximate surface area is 242 Å². The fraction of sp³-hybridized carbons (Fsp3) is 0.655. The van der Waals surface area contributed by atoms with Gasteiger partial charge in [0.2, 0.25) is 0 Å². The zero-order valence-electron chi connectivity index (χ0n) is 24.8. The maximum Gasteiger partial charge on any atom is 0.405 e. The van der Waals surface area contributed by atoms with Gasteiger partial charge >= 0.3 is 6.09 Å². The molecule has 1 aliphatic carbocycles. The molecule has 0 radical (unpaired) electrons. The van der Waals surface area contributed by atoms with Gasteiger partial charge in [-0.05, 0) is 65.9 Å². The molecule has 1 aliphatic rings. The number of nitrogens with one attached hydrogen (secondary N) is 2. The van der Waals surface area contributed by atoms with Crippen LogP contribution in [0.1, 0.15) is 76.0 Å². The number of ether oxygens (including phenoxy) is 3. The van der Waals surface area contributed by atoms with Crippen LogP contribution < -0.4 is 10.6 Å². The van der Waals surface area contributed by atoms with Gasteiger partial charge in [0.05, 0.1) is 50.8 Å². The van der Waals surface area contributed by atoms with Crippen LogP contribution in [0, 0.1) is 18.3 Å². The van der Waals surface area contributed by atoms with E-state index in [1.54, 1.807) is 16.9 Å². The maximum absolute atomic E-state index is 13.3. The number of amides is 2. The van der Waals surface area contributed by atoms with Crippen molar-refractivity contribution in [3.63, 3.8) is 0 Å². The molecule has 0 aromatic carbocycles. The van der Waals surface area contributed by atoms with Crippen molar-refractivity contribution in [3.8, 4) is 12.3 Å². The molecule has 0 bridgehead atoms. The number of hydrogen-bond acceptors (Lipinski definition) is 7. The predicted octanol–water partition coefficient (Wildman–Crippen LogP) is 3.70. The van der Waals surface area contributed by atoms with Crippen molar-refractivity contribution in [1.82, 2.24) is 24.9 Å². The second-order valence-corrected chi connectivity index (χ2v) is 11.8. The number of nitrogens with zero attached hydrogens (tertiary/aromatic N) is 4. The van der Waals surface area contributed by atoms with Crippen molar-refractivity contribution < 1.29 is 28.9 Å². The third kappa shape index (κ3) is 9.31. The molecule has 2 atom stereocenters. The first-order valence-electron chi connectivity index (χ1n) is 14.0. The Balaban J connectivity index is 1.58. The van der Waals surface area contributed by atoms with Crippen LogP contribution in [0.4, 0.5) is 10.6 Å². The summed E-state index contributed by atoms with van der Waals surface area (Å²) in [5.41, 5.74) is 0.417. The van der Waals surface area contributed by atoms with Crippen molar-refractivity contribution in [2.75, 3.05) is 45.0 Å². The van der Waals surface area contributed by atoms with E-state index in [4.69, 9.17) is 25.7 Å². The standard InChI is InChI=1S/C29H44N6O6/c1-7-13-39-15-17-41-18-16-40-14-12-34-24(10-11-30-34)26(36)31-25-20-23(33-35(25)28(2,3)4)21-8-9-22(19-21)29(5,6)32-27(37)38/h1,10-11,20-22,32H,8-9,12-19H2,2-6H3,(H,31,36)(H,37,38)/t21-,22+/m0/s1. The van der Waals surface area contributed by atoms with Crippen LogP contribution in [0.2, 0.25) is 0 Å². The number of carbonyl (C=O) groups excluding carboxylic acids is 1. The molecule has 3 N–H and O–H groups in total. The van der Waals surface area contributed by atoms with Gasteiger partial charge in [-0.15, -0.1) is 6.42 Å². The molecule has 0 saturated heterocycles. The van der Waals surface area contributed by atoms with E-state index in [1.165, 1.54) is 0 Å². The molecule has 2 amide bonds. The van der Waals surface area contributed by atoms with Crippen LogP contribution >= 0.6 is 0 Å². The number of carboxylic acid groups (broad SMARTS) is 1. The molecule has 2 heterocycles. The summed E-state index contributed by atoms with van der Waals surface area (Å²) in [5, 5.41) is 24.1. The summed E-state index contributed by atoms with van der Waals surface area (Å²) in [6.07, 6.45) is 8.32. The van der Waals surface area contributed by atoms with Crippen molar-refractivity contribution in [3.05, 3.63) is 29.7 Å². The molecule has 0 spiro atoms. The lowest BCUT2D eigenvalue weighted by atomic mass is 9.85. The zero-order chi connectivity index (χ0) is 30.0. The fourth-order valence-corrected chi connectivity index (χ4v) is 5.09. The summed E-state index contributed by atoms with van der Waals surface area (Å²) in [4.78, 5) is 24.6. The van der Waals surface area contributed by atoms with E-state index >= 15 is 0 Å². The minimum atomic E-state index is -1.02. The second kappa shape index (κ2) is 14.5. The average Bonchev–Trinajstić information content (AvgIpc) is 3.64. The maximum atomic E-state index is 13.3. The van der Waals surface area contributed by atoms with Gasteiger partial charge in [-0.25, -0.2) is 9.48 Å². The highest BCUT2D eigenvalue weighted by molar-refractivity contribution is 6.02. The SMILES string of the molecule is C#CCOCCOCCOCCn1nccc1C(=O)Nc1cc([C@H]2CC[C@@H](C(C)(C)NC(=O)O)C2)nn1C(C)(C)C. The van der Waals surface area contributed by atoms with Gasteiger partial charge in [-0.2, -0.15) is 10.2 Å². The molecule has 0 unspecified atom stereocenters. The molecule has 2 aromatic heterocycles. The third-order valence-corrected chi connectivity index (χ3v) is 7.23. The van der Waals surface area contributed by atoms with Crippen molar-refractivity contribution in [2.24, 2.45) is 5.92 Å². The van der Waals surface area contributed by atoms with Gasteiger partial charge in [0.1, 0.15) is 18.1 Å². The van der Waals surface area contributed by atoms with E-state index in [9.17, 15) is 14.7 Å². The lowest BCUT2D eigenvalue weighted by Gasteiger charge is -2.31. The Bertz CT molecular complexity index is 1190. The van der Waals surface area contributed by atoms with E-state index in [0.717, 1.165) is 25.0 Å². The minimum Gasteiger partial charge on any atom is -0.465 e. The van der Waals surface area contributed by atoms with Gasteiger partial charge in [0.15, 0.2) is 0 Å². The highest BCUT2D eigenvalue weighted by Gasteiger charge is 2.39. The van der Waals surface area contributed by atoms with Gasteiger partial charge in [0.25, 0.3) is 5.91 Å². The van der Waals surface area contributed by atoms with Gasteiger partial charge in [-0.1, -0.05) is 5.92 Å². The largest absolute Gasteiger partial charge is 0.465 e. The molecule has 226 valence electrons. The molecule has 12 nitrogen and oxygen atoms in total. The molecule has 41 heavy (non-hydrogen) atoms. The Hall–Kier alpha value is -3.40. The summed E-state index contributed by atoms with van der Waals surface area (Å²) in [6, 6.07) is 3.61. The van der Waals surface area contributed by atoms with Crippen LogP contribution in [0.3, 0.4) is 0 Å². The average molecular weight is 573 g/mol. The number of rotatable bonds is 15. The number of hydrogen-bond donors (Lipinski definition) is 3. The summed E-state index contributed by atoms with van der Waals surface area (Å²) < 4.78 is 19.6. The lowest BCUT2D eigenvalue weighted by molar-refractivity contribution is 0.0181. The van der Waals surface area contributed by atoms with Crippen LogP contribution in [0.5, 0.6) is 0 Å². The molecule has 3 rings (SSSR count). The van der Waals surface area contributed by atoms with E-state index in [-0.39, 0.29) is 29.9 Å². The Morgan fingerprint density at radius 2 is 1.78 bits per heavy atom. The Morgan fingerprint density at radius 3 is 2.44 bits per heavy atom. The smallest absolute Gasteiger partial charge is 0.405 e. The summed E-state index contributed by atoms with van der Waals surface area (Å²) >= 11 is 0. The number of aromatic nitrogens is 4. The van der Waals surface area contributed by atoms with Crippen LogP contribution in [-0.4, -0.2) is 81.8 Å². The zero-order valence-corrected chi connectivity index (χ0v) is 24.8. The molecule has 12 heteroatoms. The summed E-state index contributed by atoms with van der Waals surface area (Å²) in [7, 11) is 0. The van der Waals surface area contributed by atoms with Crippen LogP contribution in [-0.2, 0) is 26.3 Å². The summed E-state index contributed by atoms with van der Waals surface area (Å²) in [5.74, 6) is 3.09. The first-order valence-corrected chi connectivity index (χ1v) is 14.0. The molecular formula is C29H44N6O6. The van der Waals surface area contributed by atoms with Gasteiger partial charge in [-0.3, -0.25) is 9.48 Å². The Kier molecular flexibility index (Phi) is 11.3. The quantitative estimate of drug-likeness (QED) is 0.217. The first kappa shape index (κ1) is 32.1. The summed E-state index contributed by atoms with van der Waals surface area (Å²) in [6.45, 7) is 12.7. The van der Waals surface area contributed by atoms with Crippen molar-refractivity contribution >= 4 is 17.8 Å². The number of carbonyl (C=O) groups is 2. The minimum absolute atomic E-state index is 0.177. The van der Waals surface area contributed by atoms with Crippen LogP contribution in [0.25, 0.3) is 0 Å². The highest BCUT2D eigenvalue weighted by atomic mass is 16.5. The molecule has 1 saturated carbocycles. The molecule has 2 aromatic rings. The first-order chi connectivity index (χ1) is 19.4. The normalized spacial score (nSPS) is 17.4. The van der Waals surface area contributed by atoms with Crippen LogP contribution in [0.15, 0.2) is 18.3 Å². The topological polar surface area (TPSA) is 142 Å². The number of terminal acetylenes is 1. The monoisotopic (exact) mass is 572 g/mol.